The molecular weight excluding hydrogens is 246 g/mol. The summed E-state index contributed by atoms with van der Waals surface area (Å²) in [6, 6.07) is 9.32. The van der Waals surface area contributed by atoms with Gasteiger partial charge in [0.05, 0.1) is 6.10 Å². The zero-order valence-corrected chi connectivity index (χ0v) is 13.4. The zero-order chi connectivity index (χ0) is 14.5. The SMILES string of the molecule is CC(C)Oc1ccccc1C(C)NC(C)C1CCCC1. The topological polar surface area (TPSA) is 21.3 Å². The van der Waals surface area contributed by atoms with Gasteiger partial charge in [-0.05, 0) is 52.5 Å². The van der Waals surface area contributed by atoms with Crippen LogP contribution < -0.4 is 10.1 Å². The molecule has 2 atom stereocenters. The van der Waals surface area contributed by atoms with Gasteiger partial charge in [0.1, 0.15) is 5.75 Å². The molecule has 2 heteroatoms. The summed E-state index contributed by atoms with van der Waals surface area (Å²) >= 11 is 0. The number of hydrogen-bond acceptors (Lipinski definition) is 2. The van der Waals surface area contributed by atoms with E-state index < -0.39 is 0 Å². The summed E-state index contributed by atoms with van der Waals surface area (Å²) in [7, 11) is 0. The fourth-order valence-corrected chi connectivity index (χ4v) is 3.28. The standard InChI is InChI=1S/C18H29NO/c1-13(2)20-18-12-8-7-11-17(18)15(4)19-14(3)16-9-5-6-10-16/h7-8,11-16,19H,5-6,9-10H2,1-4H3. The van der Waals surface area contributed by atoms with Gasteiger partial charge >= 0.3 is 0 Å². The maximum absolute atomic E-state index is 5.93. The van der Waals surface area contributed by atoms with E-state index in [0.29, 0.717) is 12.1 Å². The van der Waals surface area contributed by atoms with Crippen LogP contribution in [-0.4, -0.2) is 12.1 Å². The molecule has 1 saturated carbocycles. The first-order chi connectivity index (χ1) is 9.58. The zero-order valence-electron chi connectivity index (χ0n) is 13.4. The molecule has 0 radical (unpaired) electrons. The molecule has 0 aliphatic heterocycles. The quantitative estimate of drug-likeness (QED) is 0.812. The lowest BCUT2D eigenvalue weighted by Crippen LogP contribution is -2.34. The molecular formula is C18H29NO. The van der Waals surface area contributed by atoms with E-state index in [1.54, 1.807) is 0 Å². The summed E-state index contributed by atoms with van der Waals surface area (Å²) in [5.41, 5.74) is 1.27. The minimum Gasteiger partial charge on any atom is -0.491 e. The molecule has 112 valence electrons. The van der Waals surface area contributed by atoms with Gasteiger partial charge in [-0.2, -0.15) is 0 Å². The van der Waals surface area contributed by atoms with E-state index in [0.717, 1.165) is 11.7 Å². The third kappa shape index (κ3) is 3.99. The van der Waals surface area contributed by atoms with E-state index in [-0.39, 0.29) is 6.10 Å². The molecule has 2 unspecified atom stereocenters. The Hall–Kier alpha value is -1.02. The smallest absolute Gasteiger partial charge is 0.124 e. The van der Waals surface area contributed by atoms with E-state index >= 15 is 0 Å². The first-order valence-corrected chi connectivity index (χ1v) is 8.09. The summed E-state index contributed by atoms with van der Waals surface area (Å²) in [6.45, 7) is 8.73. The highest BCUT2D eigenvalue weighted by Crippen LogP contribution is 2.31. The second-order valence-corrected chi connectivity index (χ2v) is 6.43. The fraction of sp³-hybridized carbons (Fsp3) is 0.667. The van der Waals surface area contributed by atoms with Gasteiger partial charge in [0.2, 0.25) is 0 Å². The molecule has 1 N–H and O–H groups in total. The Bertz CT molecular complexity index is 410. The predicted octanol–water partition coefficient (Wildman–Crippen LogP) is 4.70. The van der Waals surface area contributed by atoms with E-state index in [9.17, 15) is 0 Å². The lowest BCUT2D eigenvalue weighted by Gasteiger charge is -2.26. The molecule has 0 aromatic heterocycles. The van der Waals surface area contributed by atoms with Crippen molar-refractivity contribution in [2.75, 3.05) is 0 Å². The molecule has 1 aliphatic carbocycles. The van der Waals surface area contributed by atoms with Crippen LogP contribution in [0, 0.1) is 5.92 Å². The Balaban J connectivity index is 2.02. The molecule has 2 nitrogen and oxygen atoms in total. The third-order valence-electron chi connectivity index (χ3n) is 4.37. The van der Waals surface area contributed by atoms with E-state index in [4.69, 9.17) is 4.74 Å². The highest BCUT2D eigenvalue weighted by Gasteiger charge is 2.23. The number of para-hydroxylation sites is 1. The number of ether oxygens (including phenoxy) is 1. The Morgan fingerprint density at radius 1 is 1.05 bits per heavy atom. The highest BCUT2D eigenvalue weighted by atomic mass is 16.5. The van der Waals surface area contributed by atoms with Crippen molar-refractivity contribution in [2.24, 2.45) is 5.92 Å². The summed E-state index contributed by atoms with van der Waals surface area (Å²) in [6.07, 6.45) is 5.78. The largest absolute Gasteiger partial charge is 0.491 e. The minimum atomic E-state index is 0.218. The lowest BCUT2D eigenvalue weighted by molar-refractivity contribution is 0.236. The van der Waals surface area contributed by atoms with Crippen molar-refractivity contribution in [1.82, 2.24) is 5.32 Å². The van der Waals surface area contributed by atoms with Crippen LogP contribution in [-0.2, 0) is 0 Å². The monoisotopic (exact) mass is 275 g/mol. The van der Waals surface area contributed by atoms with Gasteiger partial charge in [0.25, 0.3) is 0 Å². The summed E-state index contributed by atoms with van der Waals surface area (Å²) in [5.74, 6) is 1.86. The maximum Gasteiger partial charge on any atom is 0.124 e. The second kappa shape index (κ2) is 7.12. The van der Waals surface area contributed by atoms with Crippen LogP contribution in [0.1, 0.15) is 65.0 Å². The Morgan fingerprint density at radius 3 is 2.35 bits per heavy atom. The number of benzene rings is 1. The third-order valence-corrected chi connectivity index (χ3v) is 4.37. The average molecular weight is 275 g/mol. The molecule has 1 aromatic carbocycles. The van der Waals surface area contributed by atoms with Gasteiger partial charge in [-0.15, -0.1) is 0 Å². The van der Waals surface area contributed by atoms with Gasteiger partial charge in [-0.25, -0.2) is 0 Å². The van der Waals surface area contributed by atoms with Gasteiger partial charge < -0.3 is 10.1 Å². The molecule has 1 aliphatic rings. The van der Waals surface area contributed by atoms with E-state index in [1.807, 2.05) is 6.07 Å². The van der Waals surface area contributed by atoms with Crippen LogP contribution >= 0.6 is 0 Å². The minimum absolute atomic E-state index is 0.218. The van der Waals surface area contributed by atoms with Crippen molar-refractivity contribution in [3.63, 3.8) is 0 Å². The van der Waals surface area contributed by atoms with Crippen LogP contribution in [0.15, 0.2) is 24.3 Å². The van der Waals surface area contributed by atoms with Crippen molar-refractivity contribution >= 4 is 0 Å². The number of hydrogen-bond donors (Lipinski definition) is 1. The average Bonchev–Trinajstić information content (AvgIpc) is 2.92. The normalized spacial score (nSPS) is 19.2. The molecule has 1 aromatic rings. The van der Waals surface area contributed by atoms with Crippen LogP contribution in [0.5, 0.6) is 5.75 Å². The molecule has 0 heterocycles. The van der Waals surface area contributed by atoms with Crippen LogP contribution in [0.3, 0.4) is 0 Å². The van der Waals surface area contributed by atoms with Crippen LogP contribution in [0.2, 0.25) is 0 Å². The van der Waals surface area contributed by atoms with Crippen molar-refractivity contribution in [3.05, 3.63) is 29.8 Å². The highest BCUT2D eigenvalue weighted by molar-refractivity contribution is 5.35. The molecule has 2 rings (SSSR count). The number of rotatable bonds is 6. The lowest BCUT2D eigenvalue weighted by atomic mass is 9.97. The second-order valence-electron chi connectivity index (χ2n) is 6.43. The maximum atomic E-state index is 5.93. The van der Waals surface area contributed by atoms with Crippen molar-refractivity contribution in [2.45, 2.75) is 71.6 Å². The molecule has 20 heavy (non-hydrogen) atoms. The van der Waals surface area contributed by atoms with Crippen LogP contribution in [0.4, 0.5) is 0 Å². The Labute approximate surface area is 123 Å². The van der Waals surface area contributed by atoms with Crippen molar-refractivity contribution < 1.29 is 4.74 Å². The van der Waals surface area contributed by atoms with Crippen LogP contribution in [0.25, 0.3) is 0 Å². The fourth-order valence-electron chi connectivity index (χ4n) is 3.28. The molecule has 1 fully saturated rings. The van der Waals surface area contributed by atoms with Gasteiger partial charge in [0.15, 0.2) is 0 Å². The van der Waals surface area contributed by atoms with Crippen molar-refractivity contribution in [1.29, 1.82) is 0 Å². The number of nitrogens with one attached hydrogen (secondary N) is 1. The predicted molar refractivity (Wildman–Crippen MR) is 85.2 cm³/mol. The first kappa shape index (κ1) is 15.4. The Kier molecular flexibility index (Phi) is 5.47. The molecule has 0 saturated heterocycles. The summed E-state index contributed by atoms with van der Waals surface area (Å²) < 4.78 is 5.93. The molecule has 0 spiro atoms. The Morgan fingerprint density at radius 2 is 1.70 bits per heavy atom. The van der Waals surface area contributed by atoms with E-state index in [2.05, 4.69) is 51.2 Å². The van der Waals surface area contributed by atoms with Gasteiger partial charge in [-0.3, -0.25) is 0 Å². The molecule has 0 amide bonds. The summed E-state index contributed by atoms with van der Waals surface area (Å²) in [4.78, 5) is 0. The van der Waals surface area contributed by atoms with Gasteiger partial charge in [0, 0.05) is 17.6 Å². The molecule has 0 bridgehead atoms. The first-order valence-electron chi connectivity index (χ1n) is 8.09. The summed E-state index contributed by atoms with van der Waals surface area (Å²) in [5, 5.41) is 3.77. The van der Waals surface area contributed by atoms with Crippen molar-refractivity contribution in [3.8, 4) is 5.75 Å². The van der Waals surface area contributed by atoms with Gasteiger partial charge in [-0.1, -0.05) is 31.0 Å². The van der Waals surface area contributed by atoms with E-state index in [1.165, 1.54) is 31.2 Å².